The molecule has 0 radical (unpaired) electrons. The summed E-state index contributed by atoms with van der Waals surface area (Å²) >= 11 is 0. The van der Waals surface area contributed by atoms with E-state index in [1.807, 2.05) is 37.3 Å². The third kappa shape index (κ3) is 4.87. The summed E-state index contributed by atoms with van der Waals surface area (Å²) in [5, 5.41) is 3.37. The van der Waals surface area contributed by atoms with Crippen LogP contribution in [0.4, 0.5) is 18.9 Å². The van der Waals surface area contributed by atoms with Crippen molar-refractivity contribution in [1.82, 2.24) is 5.32 Å². The van der Waals surface area contributed by atoms with E-state index in [0.29, 0.717) is 18.8 Å². The molecule has 144 valence electrons. The first-order valence-electron chi connectivity index (χ1n) is 8.72. The van der Waals surface area contributed by atoms with Crippen molar-refractivity contribution in [3.05, 3.63) is 65.7 Å². The molecule has 2 aromatic rings. The Hall–Kier alpha value is -2.38. The van der Waals surface area contributed by atoms with Crippen molar-refractivity contribution in [1.29, 1.82) is 0 Å². The van der Waals surface area contributed by atoms with E-state index in [1.54, 1.807) is 0 Å². The fourth-order valence-corrected chi connectivity index (χ4v) is 3.00. The highest BCUT2D eigenvalue weighted by Gasteiger charge is 2.31. The maximum Gasteiger partial charge on any atom is 0.416 e. The molecule has 1 saturated heterocycles. The Kier molecular flexibility index (Phi) is 5.82. The quantitative estimate of drug-likeness (QED) is 0.861. The number of nitrogens with zero attached hydrogens (tertiary/aromatic N) is 1. The molecule has 1 heterocycles. The second kappa shape index (κ2) is 8.10. The lowest BCUT2D eigenvalue weighted by Gasteiger charge is -2.33. The summed E-state index contributed by atoms with van der Waals surface area (Å²) in [5.74, 6) is -0.262. The summed E-state index contributed by atoms with van der Waals surface area (Å²) in [4.78, 5) is 13.6. The second-order valence-electron chi connectivity index (χ2n) is 6.52. The number of benzene rings is 2. The van der Waals surface area contributed by atoms with Crippen LogP contribution in [-0.2, 0) is 15.7 Å². The molecule has 1 N–H and O–H groups in total. The van der Waals surface area contributed by atoms with E-state index in [9.17, 15) is 18.0 Å². The van der Waals surface area contributed by atoms with Crippen molar-refractivity contribution in [2.75, 3.05) is 24.6 Å². The number of carbonyl (C=O) groups excluding carboxylic acids is 1. The molecule has 2 unspecified atom stereocenters. The average molecular weight is 378 g/mol. The number of alkyl halides is 3. The van der Waals surface area contributed by atoms with Gasteiger partial charge in [-0.25, -0.2) is 0 Å². The van der Waals surface area contributed by atoms with E-state index < -0.39 is 11.7 Å². The molecule has 27 heavy (non-hydrogen) atoms. The molecule has 2 aromatic carbocycles. The molecule has 7 heteroatoms. The van der Waals surface area contributed by atoms with Gasteiger partial charge in [0.25, 0.3) is 5.91 Å². The average Bonchev–Trinajstić information content (AvgIpc) is 2.67. The summed E-state index contributed by atoms with van der Waals surface area (Å²) in [6, 6.07) is 14.7. The van der Waals surface area contributed by atoms with Crippen molar-refractivity contribution in [2.24, 2.45) is 0 Å². The topological polar surface area (TPSA) is 41.6 Å². The lowest BCUT2D eigenvalue weighted by molar-refractivity contribution is -0.137. The predicted octanol–water partition coefficient (Wildman–Crippen LogP) is 3.79. The molecule has 1 aliphatic rings. The molecule has 0 saturated carbocycles. The molecule has 1 aliphatic heterocycles. The number of carbonyl (C=O) groups is 1. The lowest BCUT2D eigenvalue weighted by Crippen LogP contribution is -2.50. The summed E-state index contributed by atoms with van der Waals surface area (Å²) in [7, 11) is 0. The standard InChI is InChI=1S/C20H21F3N2O2/c1-14(15-5-3-2-4-6-15)24-11-18-12-25(19(26)13-27-18)17-9-7-16(8-10-17)20(21,22)23/h2-10,14,18,24H,11-13H2,1H3. The van der Waals surface area contributed by atoms with Gasteiger partial charge in [-0.2, -0.15) is 13.2 Å². The summed E-state index contributed by atoms with van der Waals surface area (Å²) in [6.45, 7) is 2.77. The van der Waals surface area contributed by atoms with Crippen LogP contribution in [0.15, 0.2) is 54.6 Å². The minimum absolute atomic E-state index is 0.0902. The SMILES string of the molecule is CC(NCC1CN(c2ccc(C(F)(F)F)cc2)C(=O)CO1)c1ccccc1. The van der Waals surface area contributed by atoms with E-state index in [2.05, 4.69) is 5.32 Å². The number of rotatable bonds is 5. The van der Waals surface area contributed by atoms with Crippen LogP contribution in [0.3, 0.4) is 0 Å². The number of hydrogen-bond donors (Lipinski definition) is 1. The molecule has 4 nitrogen and oxygen atoms in total. The van der Waals surface area contributed by atoms with Crippen LogP contribution < -0.4 is 10.2 Å². The zero-order chi connectivity index (χ0) is 19.4. The van der Waals surface area contributed by atoms with Crippen LogP contribution in [0.5, 0.6) is 0 Å². The second-order valence-corrected chi connectivity index (χ2v) is 6.52. The lowest BCUT2D eigenvalue weighted by atomic mass is 10.1. The third-order valence-corrected chi connectivity index (χ3v) is 4.59. The van der Waals surface area contributed by atoms with Gasteiger partial charge in [0.05, 0.1) is 18.2 Å². The number of halogens is 3. The monoisotopic (exact) mass is 378 g/mol. The Morgan fingerprint density at radius 3 is 2.44 bits per heavy atom. The van der Waals surface area contributed by atoms with Crippen LogP contribution in [-0.4, -0.2) is 31.7 Å². The van der Waals surface area contributed by atoms with Crippen molar-refractivity contribution >= 4 is 11.6 Å². The van der Waals surface area contributed by atoms with Crippen LogP contribution in [0, 0.1) is 0 Å². The zero-order valence-electron chi connectivity index (χ0n) is 14.9. The van der Waals surface area contributed by atoms with Gasteiger partial charge in [0.1, 0.15) is 6.61 Å². The van der Waals surface area contributed by atoms with Gasteiger partial charge in [-0.05, 0) is 36.8 Å². The van der Waals surface area contributed by atoms with Crippen LogP contribution >= 0.6 is 0 Å². The smallest absolute Gasteiger partial charge is 0.365 e. The summed E-state index contributed by atoms with van der Waals surface area (Å²) < 4.78 is 43.7. The number of nitrogens with one attached hydrogen (secondary N) is 1. The van der Waals surface area contributed by atoms with Crippen molar-refractivity contribution < 1.29 is 22.7 Å². The van der Waals surface area contributed by atoms with E-state index in [0.717, 1.165) is 17.7 Å². The highest BCUT2D eigenvalue weighted by atomic mass is 19.4. The number of morpholine rings is 1. The van der Waals surface area contributed by atoms with E-state index in [4.69, 9.17) is 4.74 Å². The molecule has 0 bridgehead atoms. The minimum atomic E-state index is -4.40. The van der Waals surface area contributed by atoms with Crippen LogP contribution in [0.25, 0.3) is 0 Å². The number of amides is 1. The third-order valence-electron chi connectivity index (χ3n) is 4.59. The summed E-state index contributed by atoms with van der Waals surface area (Å²) in [5.41, 5.74) is 0.850. The van der Waals surface area contributed by atoms with Gasteiger partial charge < -0.3 is 15.0 Å². The van der Waals surface area contributed by atoms with E-state index in [1.165, 1.54) is 17.0 Å². The molecular formula is C20H21F3N2O2. The van der Waals surface area contributed by atoms with Gasteiger partial charge in [-0.1, -0.05) is 30.3 Å². The van der Waals surface area contributed by atoms with E-state index >= 15 is 0 Å². The Bertz CT molecular complexity index is 763. The minimum Gasteiger partial charge on any atom is -0.365 e. The highest BCUT2D eigenvalue weighted by molar-refractivity contribution is 5.95. The van der Waals surface area contributed by atoms with Gasteiger partial charge in [-0.3, -0.25) is 4.79 Å². The van der Waals surface area contributed by atoms with Gasteiger partial charge in [-0.15, -0.1) is 0 Å². The maximum absolute atomic E-state index is 12.7. The molecule has 0 aliphatic carbocycles. The first kappa shape index (κ1) is 19.4. The van der Waals surface area contributed by atoms with Crippen LogP contribution in [0.1, 0.15) is 24.1 Å². The Labute approximate surface area is 155 Å². The molecule has 1 amide bonds. The first-order chi connectivity index (χ1) is 12.8. The predicted molar refractivity (Wildman–Crippen MR) is 96.4 cm³/mol. The van der Waals surface area contributed by atoms with Gasteiger partial charge in [0.2, 0.25) is 0 Å². The normalized spacial score (nSPS) is 19.2. The van der Waals surface area contributed by atoms with Gasteiger partial charge in [0, 0.05) is 18.3 Å². The fourth-order valence-electron chi connectivity index (χ4n) is 3.00. The molecular weight excluding hydrogens is 357 g/mol. The summed E-state index contributed by atoms with van der Waals surface area (Å²) in [6.07, 6.45) is -4.63. The number of hydrogen-bond acceptors (Lipinski definition) is 3. The number of ether oxygens (including phenoxy) is 1. The first-order valence-corrected chi connectivity index (χ1v) is 8.72. The number of anilines is 1. The molecule has 1 fully saturated rings. The zero-order valence-corrected chi connectivity index (χ0v) is 14.9. The molecule has 3 rings (SSSR count). The molecule has 0 aromatic heterocycles. The van der Waals surface area contributed by atoms with E-state index in [-0.39, 0.29) is 24.7 Å². The molecule has 0 spiro atoms. The largest absolute Gasteiger partial charge is 0.416 e. The fraction of sp³-hybridized carbons (Fsp3) is 0.350. The van der Waals surface area contributed by atoms with Crippen molar-refractivity contribution in [3.63, 3.8) is 0 Å². The van der Waals surface area contributed by atoms with Crippen molar-refractivity contribution in [3.8, 4) is 0 Å². The highest BCUT2D eigenvalue weighted by Crippen LogP contribution is 2.31. The Morgan fingerprint density at radius 1 is 1.15 bits per heavy atom. The van der Waals surface area contributed by atoms with Gasteiger partial charge >= 0.3 is 6.18 Å². The van der Waals surface area contributed by atoms with Gasteiger partial charge in [0.15, 0.2) is 0 Å². The van der Waals surface area contributed by atoms with Crippen LogP contribution in [0.2, 0.25) is 0 Å². The Morgan fingerprint density at radius 2 is 1.81 bits per heavy atom. The maximum atomic E-state index is 12.7. The Balaban J connectivity index is 1.61. The van der Waals surface area contributed by atoms with Crippen molar-refractivity contribution in [2.45, 2.75) is 25.2 Å². The molecule has 2 atom stereocenters.